The molecule has 0 aromatic heterocycles. The van der Waals surface area contributed by atoms with Gasteiger partial charge >= 0.3 is 0 Å². The molecule has 0 unspecified atom stereocenters. The molecule has 0 aliphatic rings. The van der Waals surface area contributed by atoms with Crippen LogP contribution in [0.1, 0.15) is 30.0 Å². The van der Waals surface area contributed by atoms with E-state index < -0.39 is 0 Å². The van der Waals surface area contributed by atoms with Crippen molar-refractivity contribution >= 4 is 17.5 Å². The summed E-state index contributed by atoms with van der Waals surface area (Å²) in [5.41, 5.74) is 4.34. The molecule has 0 radical (unpaired) electrons. The van der Waals surface area contributed by atoms with Crippen LogP contribution in [-0.4, -0.2) is 25.0 Å². The van der Waals surface area contributed by atoms with Gasteiger partial charge in [-0.25, -0.2) is 0 Å². The van der Waals surface area contributed by atoms with Gasteiger partial charge in [-0.3, -0.25) is 9.59 Å². The molecule has 0 heterocycles. The van der Waals surface area contributed by atoms with Crippen LogP contribution in [0, 0.1) is 13.8 Å². The first-order chi connectivity index (χ1) is 12.5. The van der Waals surface area contributed by atoms with Gasteiger partial charge in [0.2, 0.25) is 5.91 Å². The SMILES string of the molecule is CCNC(=O)COc1ccc(NC(=O)CCc2ccc(C)cc2C)cc1. The van der Waals surface area contributed by atoms with Crippen LogP contribution in [0.3, 0.4) is 0 Å². The second-order valence-corrected chi connectivity index (χ2v) is 6.24. The number of benzene rings is 2. The predicted molar refractivity (Wildman–Crippen MR) is 103 cm³/mol. The van der Waals surface area contributed by atoms with E-state index in [4.69, 9.17) is 4.74 Å². The molecular formula is C21H26N2O3. The minimum Gasteiger partial charge on any atom is -0.484 e. The molecule has 2 aromatic carbocycles. The minimum absolute atomic E-state index is 0.0184. The summed E-state index contributed by atoms with van der Waals surface area (Å²) in [6.07, 6.45) is 1.14. The fourth-order valence-electron chi connectivity index (χ4n) is 2.63. The Morgan fingerprint density at radius 2 is 1.73 bits per heavy atom. The zero-order chi connectivity index (χ0) is 18.9. The van der Waals surface area contributed by atoms with Crippen molar-refractivity contribution in [2.75, 3.05) is 18.5 Å². The van der Waals surface area contributed by atoms with Crippen molar-refractivity contribution in [1.82, 2.24) is 5.32 Å². The third kappa shape index (κ3) is 6.24. The first-order valence-electron chi connectivity index (χ1n) is 8.83. The number of nitrogens with one attached hydrogen (secondary N) is 2. The van der Waals surface area contributed by atoms with Crippen molar-refractivity contribution in [2.24, 2.45) is 0 Å². The van der Waals surface area contributed by atoms with Gasteiger partial charge in [0, 0.05) is 18.7 Å². The van der Waals surface area contributed by atoms with Crippen molar-refractivity contribution in [1.29, 1.82) is 0 Å². The number of anilines is 1. The zero-order valence-corrected chi connectivity index (χ0v) is 15.6. The molecule has 2 aromatic rings. The number of ether oxygens (including phenoxy) is 1. The molecule has 0 aliphatic heterocycles. The van der Waals surface area contributed by atoms with E-state index in [1.54, 1.807) is 24.3 Å². The standard InChI is InChI=1S/C21H26N2O3/c1-4-22-21(25)14-26-19-10-8-18(9-11-19)23-20(24)12-7-17-6-5-15(2)13-16(17)3/h5-6,8-11,13H,4,7,12,14H2,1-3H3,(H,22,25)(H,23,24). The van der Waals surface area contributed by atoms with Crippen molar-refractivity contribution in [3.63, 3.8) is 0 Å². The van der Waals surface area contributed by atoms with Crippen molar-refractivity contribution in [2.45, 2.75) is 33.6 Å². The normalized spacial score (nSPS) is 10.3. The molecule has 0 fully saturated rings. The predicted octanol–water partition coefficient (Wildman–Crippen LogP) is 3.39. The Kier molecular flexibility index (Phi) is 7.21. The Labute approximate surface area is 154 Å². The molecular weight excluding hydrogens is 328 g/mol. The van der Waals surface area contributed by atoms with Crippen LogP contribution in [0.15, 0.2) is 42.5 Å². The molecule has 0 bridgehead atoms. The molecule has 26 heavy (non-hydrogen) atoms. The molecule has 2 rings (SSSR count). The van der Waals surface area contributed by atoms with E-state index in [0.29, 0.717) is 30.8 Å². The van der Waals surface area contributed by atoms with E-state index >= 15 is 0 Å². The van der Waals surface area contributed by atoms with Gasteiger partial charge in [-0.05, 0) is 62.6 Å². The zero-order valence-electron chi connectivity index (χ0n) is 15.6. The van der Waals surface area contributed by atoms with Gasteiger partial charge in [-0.15, -0.1) is 0 Å². The van der Waals surface area contributed by atoms with Crippen LogP contribution in [0.4, 0.5) is 5.69 Å². The molecule has 0 saturated carbocycles. The van der Waals surface area contributed by atoms with Gasteiger partial charge in [0.15, 0.2) is 6.61 Å². The maximum atomic E-state index is 12.1. The number of carbonyl (C=O) groups is 2. The number of hydrogen-bond acceptors (Lipinski definition) is 3. The van der Waals surface area contributed by atoms with Crippen molar-refractivity contribution < 1.29 is 14.3 Å². The first-order valence-corrected chi connectivity index (χ1v) is 8.83. The topological polar surface area (TPSA) is 67.4 Å². The molecule has 0 aliphatic carbocycles. The smallest absolute Gasteiger partial charge is 0.257 e. The van der Waals surface area contributed by atoms with E-state index in [-0.39, 0.29) is 18.4 Å². The van der Waals surface area contributed by atoms with Crippen LogP contribution in [0.5, 0.6) is 5.75 Å². The summed E-state index contributed by atoms with van der Waals surface area (Å²) < 4.78 is 5.38. The van der Waals surface area contributed by atoms with Crippen LogP contribution in [-0.2, 0) is 16.0 Å². The highest BCUT2D eigenvalue weighted by Gasteiger charge is 2.06. The van der Waals surface area contributed by atoms with Crippen LogP contribution in [0.25, 0.3) is 0 Å². The summed E-state index contributed by atoms with van der Waals surface area (Å²) >= 11 is 0. The van der Waals surface area contributed by atoms with Crippen molar-refractivity contribution in [3.05, 3.63) is 59.2 Å². The van der Waals surface area contributed by atoms with E-state index in [1.165, 1.54) is 16.7 Å². The second-order valence-electron chi connectivity index (χ2n) is 6.24. The molecule has 2 amide bonds. The largest absolute Gasteiger partial charge is 0.484 e. The van der Waals surface area contributed by atoms with Gasteiger partial charge < -0.3 is 15.4 Å². The van der Waals surface area contributed by atoms with E-state index in [2.05, 4.69) is 42.7 Å². The first kappa shape index (κ1) is 19.5. The lowest BCUT2D eigenvalue weighted by Crippen LogP contribution is -2.28. The Morgan fingerprint density at radius 1 is 1.00 bits per heavy atom. The van der Waals surface area contributed by atoms with Crippen LogP contribution >= 0.6 is 0 Å². The number of aryl methyl sites for hydroxylation is 3. The summed E-state index contributed by atoms with van der Waals surface area (Å²) in [7, 11) is 0. The van der Waals surface area contributed by atoms with Gasteiger partial charge in [0.1, 0.15) is 5.75 Å². The molecule has 0 spiro atoms. The quantitative estimate of drug-likeness (QED) is 0.763. The number of amides is 2. The van der Waals surface area contributed by atoms with Gasteiger partial charge in [0.05, 0.1) is 0 Å². The maximum absolute atomic E-state index is 12.1. The molecule has 2 N–H and O–H groups in total. The number of likely N-dealkylation sites (N-methyl/N-ethyl adjacent to an activating group) is 1. The van der Waals surface area contributed by atoms with Crippen LogP contribution in [0.2, 0.25) is 0 Å². The Morgan fingerprint density at radius 3 is 2.38 bits per heavy atom. The third-order valence-electron chi connectivity index (χ3n) is 4.00. The van der Waals surface area contributed by atoms with Gasteiger partial charge in [-0.1, -0.05) is 23.8 Å². The highest BCUT2D eigenvalue weighted by Crippen LogP contribution is 2.17. The summed E-state index contributed by atoms with van der Waals surface area (Å²) in [5, 5.41) is 5.55. The third-order valence-corrected chi connectivity index (χ3v) is 4.00. The lowest BCUT2D eigenvalue weighted by atomic mass is 10.0. The number of hydrogen-bond donors (Lipinski definition) is 2. The van der Waals surface area contributed by atoms with E-state index in [0.717, 1.165) is 0 Å². The second kappa shape index (κ2) is 9.61. The molecule has 0 saturated heterocycles. The fourth-order valence-corrected chi connectivity index (χ4v) is 2.63. The number of carbonyl (C=O) groups excluding carboxylic acids is 2. The van der Waals surface area contributed by atoms with Gasteiger partial charge in [-0.2, -0.15) is 0 Å². The highest BCUT2D eigenvalue weighted by atomic mass is 16.5. The summed E-state index contributed by atoms with van der Waals surface area (Å²) in [6, 6.07) is 13.3. The minimum atomic E-state index is -0.156. The summed E-state index contributed by atoms with van der Waals surface area (Å²) in [4.78, 5) is 23.5. The summed E-state index contributed by atoms with van der Waals surface area (Å²) in [5.74, 6) is 0.404. The molecule has 5 nitrogen and oxygen atoms in total. The Hall–Kier alpha value is -2.82. The molecule has 5 heteroatoms. The average molecular weight is 354 g/mol. The lowest BCUT2D eigenvalue weighted by molar-refractivity contribution is -0.123. The van der Waals surface area contributed by atoms with Crippen molar-refractivity contribution in [3.8, 4) is 5.75 Å². The molecule has 138 valence electrons. The lowest BCUT2D eigenvalue weighted by Gasteiger charge is -2.09. The maximum Gasteiger partial charge on any atom is 0.257 e. The average Bonchev–Trinajstić information content (AvgIpc) is 2.61. The fraction of sp³-hybridized carbons (Fsp3) is 0.333. The number of rotatable bonds is 8. The van der Waals surface area contributed by atoms with E-state index in [9.17, 15) is 9.59 Å². The van der Waals surface area contributed by atoms with Gasteiger partial charge in [0.25, 0.3) is 5.91 Å². The Balaban J connectivity index is 1.80. The Bertz CT molecular complexity index is 754. The molecule has 0 atom stereocenters. The van der Waals surface area contributed by atoms with E-state index in [1.807, 2.05) is 6.92 Å². The highest BCUT2D eigenvalue weighted by molar-refractivity contribution is 5.90. The van der Waals surface area contributed by atoms with Crippen LogP contribution < -0.4 is 15.4 Å². The monoisotopic (exact) mass is 354 g/mol. The summed E-state index contributed by atoms with van der Waals surface area (Å²) in [6.45, 7) is 6.55.